The highest BCUT2D eigenvalue weighted by Crippen LogP contribution is 2.30. The quantitative estimate of drug-likeness (QED) is 0.770. The summed E-state index contributed by atoms with van der Waals surface area (Å²) in [4.78, 5) is 13.0. The van der Waals surface area contributed by atoms with Crippen LogP contribution >= 0.6 is 0 Å². The van der Waals surface area contributed by atoms with Gasteiger partial charge in [0, 0.05) is 13.2 Å². The number of aromatic nitrogens is 4. The molecule has 1 atom stereocenters. The summed E-state index contributed by atoms with van der Waals surface area (Å²) in [6.07, 6.45) is 5.14. The Hall–Kier alpha value is -2.67. The Morgan fingerprint density at radius 2 is 2.35 bits per heavy atom. The van der Waals surface area contributed by atoms with Crippen molar-refractivity contribution in [2.45, 2.75) is 25.6 Å². The molecule has 0 amide bonds. The van der Waals surface area contributed by atoms with Gasteiger partial charge in [-0.3, -0.25) is 4.57 Å². The Bertz CT molecular complexity index is 826. The zero-order valence-corrected chi connectivity index (χ0v) is 12.5. The van der Waals surface area contributed by atoms with Crippen LogP contribution < -0.4 is 5.32 Å². The number of benzene rings is 1. The van der Waals surface area contributed by atoms with Crippen LogP contribution in [0.25, 0.3) is 11.2 Å². The Labute approximate surface area is 133 Å². The van der Waals surface area contributed by atoms with Gasteiger partial charge in [0.05, 0.1) is 6.20 Å². The van der Waals surface area contributed by atoms with Crippen molar-refractivity contribution in [2.24, 2.45) is 0 Å². The van der Waals surface area contributed by atoms with Gasteiger partial charge in [-0.1, -0.05) is 12.1 Å². The first-order valence-electron chi connectivity index (χ1n) is 7.62. The van der Waals surface area contributed by atoms with E-state index >= 15 is 0 Å². The molecule has 2 aromatic heterocycles. The van der Waals surface area contributed by atoms with Crippen molar-refractivity contribution in [3.8, 4) is 5.75 Å². The van der Waals surface area contributed by atoms with Gasteiger partial charge in [-0.2, -0.15) is 0 Å². The van der Waals surface area contributed by atoms with E-state index in [-0.39, 0.29) is 12.0 Å². The van der Waals surface area contributed by atoms with E-state index in [4.69, 9.17) is 4.74 Å². The number of rotatable bonds is 4. The molecule has 0 saturated carbocycles. The normalized spacial score (nSPS) is 17.7. The van der Waals surface area contributed by atoms with Crippen LogP contribution in [0.3, 0.4) is 0 Å². The molecule has 0 aliphatic carbocycles. The first-order chi connectivity index (χ1) is 11.3. The maximum absolute atomic E-state index is 9.56. The van der Waals surface area contributed by atoms with E-state index < -0.39 is 0 Å². The van der Waals surface area contributed by atoms with Crippen molar-refractivity contribution in [3.63, 3.8) is 0 Å². The molecule has 0 bridgehead atoms. The highest BCUT2D eigenvalue weighted by molar-refractivity contribution is 5.73. The molecule has 1 aliphatic rings. The van der Waals surface area contributed by atoms with Crippen molar-refractivity contribution in [3.05, 3.63) is 42.4 Å². The summed E-state index contributed by atoms with van der Waals surface area (Å²) in [5.74, 6) is 0.957. The van der Waals surface area contributed by atoms with Crippen LogP contribution in [0.2, 0.25) is 0 Å². The molecule has 1 aliphatic heterocycles. The van der Waals surface area contributed by atoms with E-state index in [1.807, 2.05) is 16.7 Å². The van der Waals surface area contributed by atoms with Crippen LogP contribution in [-0.4, -0.2) is 31.2 Å². The van der Waals surface area contributed by atoms with Crippen molar-refractivity contribution < 1.29 is 9.84 Å². The second-order valence-electron chi connectivity index (χ2n) is 5.53. The summed E-state index contributed by atoms with van der Waals surface area (Å²) in [6.45, 7) is 1.30. The van der Waals surface area contributed by atoms with Gasteiger partial charge < -0.3 is 15.2 Å². The third-order valence-electron chi connectivity index (χ3n) is 3.91. The molecule has 7 heteroatoms. The number of phenols is 1. The lowest BCUT2D eigenvalue weighted by atomic mass is 10.2. The van der Waals surface area contributed by atoms with Crippen LogP contribution in [0.5, 0.6) is 5.75 Å². The summed E-state index contributed by atoms with van der Waals surface area (Å²) in [6, 6.07) is 7.15. The minimum absolute atomic E-state index is 0.0541. The van der Waals surface area contributed by atoms with Gasteiger partial charge in [0.1, 0.15) is 23.8 Å². The lowest BCUT2D eigenvalue weighted by molar-refractivity contribution is 0.0608. The number of imidazole rings is 1. The summed E-state index contributed by atoms with van der Waals surface area (Å²) < 4.78 is 7.79. The van der Waals surface area contributed by atoms with E-state index in [2.05, 4.69) is 20.3 Å². The van der Waals surface area contributed by atoms with Crippen LogP contribution in [-0.2, 0) is 11.3 Å². The molecule has 118 valence electrons. The molecular formula is C16H17N5O2. The van der Waals surface area contributed by atoms with Crippen LogP contribution in [0.15, 0.2) is 36.8 Å². The molecule has 0 radical (unpaired) electrons. The molecule has 2 N–H and O–H groups in total. The van der Waals surface area contributed by atoms with Crippen molar-refractivity contribution in [1.29, 1.82) is 0 Å². The molecule has 3 heterocycles. The highest BCUT2D eigenvalue weighted by Gasteiger charge is 2.24. The summed E-state index contributed by atoms with van der Waals surface area (Å²) >= 11 is 0. The number of phenolic OH excluding ortho intramolecular Hbond substituents is 1. The van der Waals surface area contributed by atoms with Crippen LogP contribution in [0.1, 0.15) is 24.6 Å². The van der Waals surface area contributed by atoms with Crippen LogP contribution in [0, 0.1) is 0 Å². The number of fused-ring (bicyclic) bond motifs is 1. The lowest BCUT2D eigenvalue weighted by Gasteiger charge is -2.16. The van der Waals surface area contributed by atoms with Gasteiger partial charge in [-0.05, 0) is 30.5 Å². The Morgan fingerprint density at radius 3 is 3.17 bits per heavy atom. The molecule has 1 aromatic carbocycles. The highest BCUT2D eigenvalue weighted by atomic mass is 16.5. The minimum Gasteiger partial charge on any atom is -0.508 e. The van der Waals surface area contributed by atoms with E-state index in [1.54, 1.807) is 18.3 Å². The van der Waals surface area contributed by atoms with E-state index in [1.165, 1.54) is 6.33 Å². The van der Waals surface area contributed by atoms with Crippen LogP contribution in [0.4, 0.5) is 5.95 Å². The average molecular weight is 311 g/mol. The molecular weight excluding hydrogens is 294 g/mol. The third-order valence-corrected chi connectivity index (χ3v) is 3.91. The standard InChI is InChI=1S/C16H17N5O2/c22-12-4-1-3-11(7-12)8-18-16-20-13-9-17-10-19-15(13)21(16)14-5-2-6-23-14/h1,3-4,7,9-10,14,22H,2,5-6,8H2,(H,18,20). The predicted molar refractivity (Wildman–Crippen MR) is 85.0 cm³/mol. The van der Waals surface area contributed by atoms with Gasteiger partial charge >= 0.3 is 0 Å². The number of anilines is 1. The number of hydrogen-bond donors (Lipinski definition) is 2. The number of nitrogens with zero attached hydrogens (tertiary/aromatic N) is 4. The molecule has 7 nitrogen and oxygen atoms in total. The van der Waals surface area contributed by atoms with Gasteiger partial charge in [0.25, 0.3) is 0 Å². The summed E-state index contributed by atoms with van der Waals surface area (Å²) in [5.41, 5.74) is 2.48. The molecule has 1 unspecified atom stereocenters. The fraction of sp³-hybridized carbons (Fsp3) is 0.312. The van der Waals surface area contributed by atoms with E-state index in [0.717, 1.165) is 36.2 Å². The van der Waals surface area contributed by atoms with Crippen molar-refractivity contribution >= 4 is 17.1 Å². The van der Waals surface area contributed by atoms with Gasteiger partial charge in [-0.25, -0.2) is 15.0 Å². The van der Waals surface area contributed by atoms with E-state index in [9.17, 15) is 5.11 Å². The first kappa shape index (κ1) is 14.0. The smallest absolute Gasteiger partial charge is 0.207 e. The average Bonchev–Trinajstić information content (AvgIpc) is 3.19. The number of hydrogen-bond acceptors (Lipinski definition) is 6. The maximum atomic E-state index is 9.56. The summed E-state index contributed by atoms with van der Waals surface area (Å²) in [5, 5.41) is 12.9. The Morgan fingerprint density at radius 1 is 1.39 bits per heavy atom. The second kappa shape index (κ2) is 5.85. The number of aromatic hydroxyl groups is 1. The lowest BCUT2D eigenvalue weighted by Crippen LogP contribution is -2.13. The molecule has 0 spiro atoms. The SMILES string of the molecule is Oc1cccc(CNc2nc3cncnc3n2C2CCCO2)c1. The number of ether oxygens (including phenoxy) is 1. The zero-order chi connectivity index (χ0) is 15.6. The van der Waals surface area contributed by atoms with Gasteiger partial charge in [0.2, 0.25) is 5.95 Å². The minimum atomic E-state index is -0.0541. The monoisotopic (exact) mass is 311 g/mol. The number of nitrogens with one attached hydrogen (secondary N) is 1. The second-order valence-corrected chi connectivity index (χ2v) is 5.53. The van der Waals surface area contributed by atoms with Crippen molar-refractivity contribution in [1.82, 2.24) is 19.5 Å². The largest absolute Gasteiger partial charge is 0.508 e. The van der Waals surface area contributed by atoms with E-state index in [0.29, 0.717) is 12.5 Å². The third kappa shape index (κ3) is 2.70. The summed E-state index contributed by atoms with van der Waals surface area (Å²) in [7, 11) is 0. The molecule has 4 rings (SSSR count). The topological polar surface area (TPSA) is 85.1 Å². The Balaban J connectivity index is 1.66. The van der Waals surface area contributed by atoms with Gasteiger partial charge in [0.15, 0.2) is 5.65 Å². The Kier molecular flexibility index (Phi) is 3.55. The molecule has 1 fully saturated rings. The first-order valence-corrected chi connectivity index (χ1v) is 7.62. The molecule has 23 heavy (non-hydrogen) atoms. The van der Waals surface area contributed by atoms with Crippen molar-refractivity contribution in [2.75, 3.05) is 11.9 Å². The zero-order valence-electron chi connectivity index (χ0n) is 12.5. The fourth-order valence-corrected chi connectivity index (χ4v) is 2.86. The maximum Gasteiger partial charge on any atom is 0.207 e. The predicted octanol–water partition coefficient (Wildman–Crippen LogP) is 2.45. The molecule has 3 aromatic rings. The fourth-order valence-electron chi connectivity index (χ4n) is 2.86. The van der Waals surface area contributed by atoms with Gasteiger partial charge in [-0.15, -0.1) is 0 Å². The molecule has 1 saturated heterocycles.